The van der Waals surface area contributed by atoms with Crippen LogP contribution in [-0.2, 0) is 19.1 Å². The standard InChI is InChI=1S/C6H8O4/c1-4(7)9-6-3-2-5(8)10-6/h6H,2-3H2,1H3/t6-/m0/s1. The number of carbonyl (C=O) groups excluding carboxylic acids is 2. The van der Waals surface area contributed by atoms with Crippen LogP contribution in [0.25, 0.3) is 0 Å². The third kappa shape index (κ3) is 1.72. The van der Waals surface area contributed by atoms with Crippen LogP contribution in [0.2, 0.25) is 0 Å². The molecule has 0 saturated carbocycles. The van der Waals surface area contributed by atoms with Gasteiger partial charge in [0.15, 0.2) is 0 Å². The second-order valence-corrected chi connectivity index (χ2v) is 2.07. The fourth-order valence-corrected chi connectivity index (χ4v) is 0.768. The molecule has 0 amide bonds. The van der Waals surface area contributed by atoms with Gasteiger partial charge in [-0.2, -0.15) is 0 Å². The van der Waals surface area contributed by atoms with Gasteiger partial charge in [0, 0.05) is 13.3 Å². The van der Waals surface area contributed by atoms with Crippen molar-refractivity contribution >= 4 is 11.9 Å². The van der Waals surface area contributed by atoms with Crippen molar-refractivity contribution in [2.24, 2.45) is 0 Å². The summed E-state index contributed by atoms with van der Waals surface area (Å²) in [5.74, 6) is -0.717. The first-order valence-corrected chi connectivity index (χ1v) is 3.05. The van der Waals surface area contributed by atoms with Gasteiger partial charge in [-0.05, 0) is 0 Å². The molecule has 0 radical (unpaired) electrons. The van der Waals surface area contributed by atoms with E-state index in [1.807, 2.05) is 0 Å². The smallest absolute Gasteiger partial charge is 0.309 e. The lowest BCUT2D eigenvalue weighted by atomic mass is 10.3. The second kappa shape index (κ2) is 2.68. The summed E-state index contributed by atoms with van der Waals surface area (Å²) in [7, 11) is 0. The molecule has 0 bridgehead atoms. The van der Waals surface area contributed by atoms with Gasteiger partial charge in [0.05, 0.1) is 6.42 Å². The average molecular weight is 144 g/mol. The van der Waals surface area contributed by atoms with Gasteiger partial charge in [0.25, 0.3) is 0 Å². The number of hydrogen-bond donors (Lipinski definition) is 0. The highest BCUT2D eigenvalue weighted by atomic mass is 16.7. The SMILES string of the molecule is CC(=O)O[C@@H]1CCC(=O)O1. The fourth-order valence-electron chi connectivity index (χ4n) is 0.768. The minimum atomic E-state index is -0.634. The molecule has 0 aromatic heterocycles. The minimum Gasteiger partial charge on any atom is -0.425 e. The van der Waals surface area contributed by atoms with Crippen LogP contribution < -0.4 is 0 Å². The Bertz CT molecular complexity index is 163. The second-order valence-electron chi connectivity index (χ2n) is 2.07. The summed E-state index contributed by atoms with van der Waals surface area (Å²) in [6.07, 6.45) is 0.195. The summed E-state index contributed by atoms with van der Waals surface area (Å²) in [5, 5.41) is 0. The molecule has 1 heterocycles. The maximum absolute atomic E-state index is 10.4. The van der Waals surface area contributed by atoms with Gasteiger partial charge in [-0.25, -0.2) is 0 Å². The lowest BCUT2D eigenvalue weighted by Crippen LogP contribution is -2.14. The zero-order valence-corrected chi connectivity index (χ0v) is 5.62. The van der Waals surface area contributed by atoms with Crippen LogP contribution in [0.1, 0.15) is 19.8 Å². The van der Waals surface area contributed by atoms with Crippen molar-refractivity contribution in [2.45, 2.75) is 26.1 Å². The summed E-state index contributed by atoms with van der Waals surface area (Å²) in [6.45, 7) is 1.28. The van der Waals surface area contributed by atoms with Gasteiger partial charge >= 0.3 is 11.9 Å². The lowest BCUT2D eigenvalue weighted by molar-refractivity contribution is -0.174. The molecular weight excluding hydrogens is 136 g/mol. The Hall–Kier alpha value is -1.06. The van der Waals surface area contributed by atoms with Gasteiger partial charge in [-0.15, -0.1) is 0 Å². The number of rotatable bonds is 1. The van der Waals surface area contributed by atoms with Crippen molar-refractivity contribution in [3.8, 4) is 0 Å². The van der Waals surface area contributed by atoms with Gasteiger partial charge in [-0.1, -0.05) is 0 Å². The zero-order chi connectivity index (χ0) is 7.56. The van der Waals surface area contributed by atoms with E-state index in [0.717, 1.165) is 0 Å². The Kier molecular flexibility index (Phi) is 1.89. The molecule has 56 valence electrons. The molecule has 4 heteroatoms. The maximum Gasteiger partial charge on any atom is 0.309 e. The first kappa shape index (κ1) is 7.05. The molecular formula is C6H8O4. The van der Waals surface area contributed by atoms with Gasteiger partial charge in [-0.3, -0.25) is 9.59 Å². The first-order valence-electron chi connectivity index (χ1n) is 3.05. The minimum absolute atomic E-state index is 0.300. The van der Waals surface area contributed by atoms with Crippen LogP contribution in [-0.4, -0.2) is 18.2 Å². The van der Waals surface area contributed by atoms with Crippen molar-refractivity contribution in [3.05, 3.63) is 0 Å². The molecule has 4 nitrogen and oxygen atoms in total. The Morgan fingerprint density at radius 2 is 2.50 bits per heavy atom. The highest BCUT2D eigenvalue weighted by Crippen LogP contribution is 2.14. The molecule has 1 saturated heterocycles. The molecule has 0 N–H and O–H groups in total. The van der Waals surface area contributed by atoms with E-state index in [1.54, 1.807) is 0 Å². The molecule has 1 aliphatic heterocycles. The van der Waals surface area contributed by atoms with E-state index < -0.39 is 12.3 Å². The van der Waals surface area contributed by atoms with Crippen LogP contribution in [0, 0.1) is 0 Å². The third-order valence-corrected chi connectivity index (χ3v) is 1.14. The van der Waals surface area contributed by atoms with E-state index in [1.165, 1.54) is 6.92 Å². The largest absolute Gasteiger partial charge is 0.425 e. The number of carbonyl (C=O) groups is 2. The van der Waals surface area contributed by atoms with E-state index in [2.05, 4.69) is 9.47 Å². The Morgan fingerprint density at radius 1 is 1.80 bits per heavy atom. The van der Waals surface area contributed by atoms with E-state index >= 15 is 0 Å². The van der Waals surface area contributed by atoms with Crippen molar-refractivity contribution < 1.29 is 19.1 Å². The molecule has 0 aromatic rings. The van der Waals surface area contributed by atoms with Crippen LogP contribution in [0.3, 0.4) is 0 Å². The number of hydrogen-bond acceptors (Lipinski definition) is 4. The fraction of sp³-hybridized carbons (Fsp3) is 0.667. The molecule has 10 heavy (non-hydrogen) atoms. The summed E-state index contributed by atoms with van der Waals surface area (Å²) < 4.78 is 9.19. The van der Waals surface area contributed by atoms with Crippen molar-refractivity contribution in [1.29, 1.82) is 0 Å². The highest BCUT2D eigenvalue weighted by Gasteiger charge is 2.25. The van der Waals surface area contributed by atoms with Gasteiger partial charge in [0.2, 0.25) is 6.29 Å². The van der Waals surface area contributed by atoms with Crippen LogP contribution in [0.5, 0.6) is 0 Å². The van der Waals surface area contributed by atoms with Crippen molar-refractivity contribution in [3.63, 3.8) is 0 Å². The Morgan fingerprint density at radius 3 is 2.90 bits per heavy atom. The average Bonchev–Trinajstić information content (AvgIpc) is 2.13. The molecule has 0 aromatic carbocycles. The van der Waals surface area contributed by atoms with Gasteiger partial charge < -0.3 is 9.47 Å². The molecule has 0 spiro atoms. The normalized spacial score (nSPS) is 24.1. The topological polar surface area (TPSA) is 52.6 Å². The van der Waals surface area contributed by atoms with E-state index in [4.69, 9.17) is 0 Å². The summed E-state index contributed by atoms with van der Waals surface area (Å²) >= 11 is 0. The van der Waals surface area contributed by atoms with Crippen molar-refractivity contribution in [2.75, 3.05) is 0 Å². The first-order chi connectivity index (χ1) is 4.68. The highest BCUT2D eigenvalue weighted by molar-refractivity contribution is 5.72. The quantitative estimate of drug-likeness (QED) is 0.494. The zero-order valence-electron chi connectivity index (χ0n) is 5.62. The number of esters is 2. The molecule has 1 rings (SSSR count). The molecule has 0 aliphatic carbocycles. The van der Waals surface area contributed by atoms with Crippen LogP contribution in [0.4, 0.5) is 0 Å². The lowest BCUT2D eigenvalue weighted by Gasteiger charge is -2.07. The Balaban J connectivity index is 2.31. The predicted molar refractivity (Wildman–Crippen MR) is 30.9 cm³/mol. The third-order valence-electron chi connectivity index (χ3n) is 1.14. The van der Waals surface area contributed by atoms with Crippen molar-refractivity contribution in [1.82, 2.24) is 0 Å². The number of cyclic esters (lactones) is 1. The van der Waals surface area contributed by atoms with E-state index in [0.29, 0.717) is 12.8 Å². The van der Waals surface area contributed by atoms with E-state index in [9.17, 15) is 9.59 Å². The maximum atomic E-state index is 10.4. The van der Waals surface area contributed by atoms with Gasteiger partial charge in [0.1, 0.15) is 0 Å². The molecule has 1 atom stereocenters. The molecule has 1 aliphatic rings. The Labute approximate surface area is 58.1 Å². The summed E-state index contributed by atoms with van der Waals surface area (Å²) in [4.78, 5) is 20.7. The summed E-state index contributed by atoms with van der Waals surface area (Å²) in [5.41, 5.74) is 0. The number of ether oxygens (including phenoxy) is 2. The summed E-state index contributed by atoms with van der Waals surface area (Å²) in [6, 6.07) is 0. The van der Waals surface area contributed by atoms with Crippen LogP contribution in [0.15, 0.2) is 0 Å². The predicted octanol–water partition coefficient (Wildman–Crippen LogP) is 0.213. The molecule has 1 fully saturated rings. The molecule has 0 unspecified atom stereocenters. The van der Waals surface area contributed by atoms with E-state index in [-0.39, 0.29) is 5.97 Å². The van der Waals surface area contributed by atoms with Crippen LogP contribution >= 0.6 is 0 Å². The monoisotopic (exact) mass is 144 g/mol.